The van der Waals surface area contributed by atoms with E-state index in [1.165, 1.54) is 0 Å². The van der Waals surface area contributed by atoms with E-state index in [0.717, 1.165) is 53.2 Å². The van der Waals surface area contributed by atoms with Crippen LogP contribution >= 0.6 is 11.6 Å². The van der Waals surface area contributed by atoms with Crippen LogP contribution in [0.3, 0.4) is 0 Å². The first kappa shape index (κ1) is 25.7. The van der Waals surface area contributed by atoms with Crippen molar-refractivity contribution < 1.29 is 5.11 Å². The fourth-order valence-corrected chi connectivity index (χ4v) is 6.49. The van der Waals surface area contributed by atoms with Crippen LogP contribution in [-0.2, 0) is 19.6 Å². The fraction of sp³-hybridized carbons (Fsp3) is 0.360. The van der Waals surface area contributed by atoms with Crippen molar-refractivity contribution in [1.29, 1.82) is 0 Å². The monoisotopic (exact) mass is 575 g/mol. The molecule has 3 aromatic rings. The van der Waals surface area contributed by atoms with Crippen LogP contribution in [0.2, 0.25) is 20.0 Å². The Balaban J connectivity index is 1.92. The molecular weight excluding hydrogens is 540 g/mol. The molecule has 0 saturated heterocycles. The molecule has 0 unspecified atom stereocenters. The van der Waals surface area contributed by atoms with Gasteiger partial charge in [-0.15, -0.1) is 0 Å². The van der Waals surface area contributed by atoms with Crippen LogP contribution < -0.4 is 11.3 Å². The summed E-state index contributed by atoms with van der Waals surface area (Å²) in [4.78, 5) is 11.2. The zero-order valence-electron chi connectivity index (χ0n) is 19.9. The maximum absolute atomic E-state index is 9.83. The predicted octanol–water partition coefficient (Wildman–Crippen LogP) is 5.13. The second-order valence-corrected chi connectivity index (χ2v) is 22.5. The Morgan fingerprint density at radius 1 is 1.15 bits per heavy atom. The van der Waals surface area contributed by atoms with Gasteiger partial charge in [0.1, 0.15) is 0 Å². The van der Waals surface area contributed by atoms with E-state index in [1.54, 1.807) is 0 Å². The SMILES string of the molecule is CCCCc1nc(Cl)c(CO)n1Cc1ccc(-c2ccccc2/C(=[N]\[Sn]([CH3])([CH3])[CH3])NN)cc1. The number of aliphatic hydroxyl groups is 1. The molecule has 0 aliphatic rings. The van der Waals surface area contributed by atoms with E-state index in [-0.39, 0.29) is 6.61 Å². The van der Waals surface area contributed by atoms with Gasteiger partial charge in [-0.2, -0.15) is 0 Å². The molecule has 0 bridgehead atoms. The van der Waals surface area contributed by atoms with E-state index in [4.69, 9.17) is 20.7 Å². The molecule has 0 aliphatic carbocycles. The number of aromatic nitrogens is 2. The minimum atomic E-state index is -2.46. The molecule has 0 spiro atoms. The summed E-state index contributed by atoms with van der Waals surface area (Å²) in [6.45, 7) is 2.64. The molecule has 0 atom stereocenters. The van der Waals surface area contributed by atoms with Crippen LogP contribution in [0.1, 0.15) is 42.4 Å². The van der Waals surface area contributed by atoms with Gasteiger partial charge < -0.3 is 5.11 Å². The number of hydrazine groups is 1. The van der Waals surface area contributed by atoms with E-state index in [1.807, 2.05) is 16.7 Å². The van der Waals surface area contributed by atoms with Gasteiger partial charge in [0.2, 0.25) is 0 Å². The number of rotatable bonds is 9. The molecule has 0 radical (unpaired) electrons. The van der Waals surface area contributed by atoms with E-state index < -0.39 is 18.7 Å². The molecule has 33 heavy (non-hydrogen) atoms. The Kier molecular flexibility index (Phi) is 8.98. The molecule has 1 heterocycles. The molecule has 0 aliphatic heterocycles. The molecule has 0 amide bonds. The van der Waals surface area contributed by atoms with Crippen molar-refractivity contribution in [3.8, 4) is 11.1 Å². The second kappa shape index (κ2) is 11.5. The maximum atomic E-state index is 9.83. The van der Waals surface area contributed by atoms with E-state index in [9.17, 15) is 5.11 Å². The van der Waals surface area contributed by atoms with E-state index in [2.05, 4.69) is 68.6 Å². The summed E-state index contributed by atoms with van der Waals surface area (Å²) in [6, 6.07) is 16.6. The third-order valence-corrected chi connectivity index (χ3v) is 8.23. The van der Waals surface area contributed by atoms with E-state index in [0.29, 0.717) is 17.4 Å². The van der Waals surface area contributed by atoms with Crippen LogP contribution in [0.4, 0.5) is 0 Å². The second-order valence-electron chi connectivity index (χ2n) is 9.13. The van der Waals surface area contributed by atoms with Crippen LogP contribution in [0.25, 0.3) is 11.1 Å². The first-order valence-electron chi connectivity index (χ1n) is 11.4. The van der Waals surface area contributed by atoms with Gasteiger partial charge in [-0.25, -0.2) is 0 Å². The molecule has 1 aromatic heterocycles. The number of hydrogen-bond acceptors (Lipinski definition) is 4. The normalized spacial score (nSPS) is 12.3. The number of benzene rings is 2. The van der Waals surface area contributed by atoms with Gasteiger partial charge in [-0.05, 0) is 6.42 Å². The van der Waals surface area contributed by atoms with Gasteiger partial charge in [0.05, 0.1) is 0 Å². The van der Waals surface area contributed by atoms with Gasteiger partial charge >= 0.3 is 170 Å². The molecule has 8 heteroatoms. The first-order valence-corrected chi connectivity index (χ1v) is 21.6. The van der Waals surface area contributed by atoms with Crippen molar-refractivity contribution in [2.75, 3.05) is 0 Å². The Hall–Kier alpha value is -1.87. The molecule has 176 valence electrons. The fourth-order valence-electron chi connectivity index (χ4n) is 3.79. The average Bonchev–Trinajstić information content (AvgIpc) is 3.09. The quantitative estimate of drug-likeness (QED) is 0.109. The third-order valence-electron chi connectivity index (χ3n) is 5.38. The summed E-state index contributed by atoms with van der Waals surface area (Å²) < 4.78 is 7.00. The Morgan fingerprint density at radius 2 is 1.85 bits per heavy atom. The molecule has 3 rings (SSSR count). The zero-order chi connectivity index (χ0) is 24.0. The Bertz CT molecular complexity index is 1100. The van der Waals surface area contributed by atoms with Crippen molar-refractivity contribution >= 4 is 36.1 Å². The Morgan fingerprint density at radius 3 is 2.45 bits per heavy atom. The van der Waals surface area contributed by atoms with Gasteiger partial charge in [0.15, 0.2) is 0 Å². The van der Waals surface area contributed by atoms with Gasteiger partial charge in [0.25, 0.3) is 0 Å². The number of hydrogen-bond donors (Lipinski definition) is 3. The Labute approximate surface area is 206 Å². The summed E-state index contributed by atoms with van der Waals surface area (Å²) in [5, 5.41) is 10.2. The minimum absolute atomic E-state index is 0.129. The van der Waals surface area contributed by atoms with Crippen LogP contribution in [0.5, 0.6) is 0 Å². The van der Waals surface area contributed by atoms with Crippen molar-refractivity contribution in [2.45, 2.75) is 54.2 Å². The molecule has 4 N–H and O–H groups in total. The number of nitrogens with zero attached hydrogens (tertiary/aromatic N) is 3. The van der Waals surface area contributed by atoms with Crippen LogP contribution in [0, 0.1) is 0 Å². The molecule has 2 aromatic carbocycles. The van der Waals surface area contributed by atoms with Crippen molar-refractivity contribution in [2.24, 2.45) is 9.06 Å². The van der Waals surface area contributed by atoms with E-state index >= 15 is 0 Å². The number of nitrogens with one attached hydrogen (secondary N) is 1. The summed E-state index contributed by atoms with van der Waals surface area (Å²) in [7, 11) is 0. The number of amidine groups is 1. The summed E-state index contributed by atoms with van der Waals surface area (Å²) in [5.74, 6) is 7.53. The number of imidazole rings is 1. The topological polar surface area (TPSA) is 88.5 Å². The molecule has 6 nitrogen and oxygen atoms in total. The summed E-state index contributed by atoms with van der Waals surface area (Å²) >= 11 is 3.83. The van der Waals surface area contributed by atoms with Gasteiger partial charge in [-0.1, -0.05) is 24.9 Å². The number of aliphatic hydroxyl groups excluding tert-OH is 1. The number of nitrogens with two attached hydrogens (primary N) is 1. The molecule has 0 fully saturated rings. The zero-order valence-corrected chi connectivity index (χ0v) is 23.5. The van der Waals surface area contributed by atoms with Crippen molar-refractivity contribution in [3.63, 3.8) is 0 Å². The van der Waals surface area contributed by atoms with Crippen molar-refractivity contribution in [1.82, 2.24) is 15.0 Å². The first-order chi connectivity index (χ1) is 15.8. The number of halogens is 1. The van der Waals surface area contributed by atoms with Crippen LogP contribution in [0.15, 0.2) is 51.7 Å². The third kappa shape index (κ3) is 6.59. The number of unbranched alkanes of at least 4 members (excludes halogenated alkanes) is 1. The van der Waals surface area contributed by atoms with Crippen LogP contribution in [-0.4, -0.2) is 39.1 Å². The van der Waals surface area contributed by atoms with Gasteiger partial charge in [-0.3, -0.25) is 0 Å². The summed E-state index contributed by atoms with van der Waals surface area (Å²) in [5.41, 5.74) is 7.80. The number of aryl methyl sites for hydroxylation is 1. The average molecular weight is 575 g/mol. The molecular formula is C25H34ClN5OSn. The van der Waals surface area contributed by atoms with Crippen molar-refractivity contribution in [3.05, 3.63) is 76.3 Å². The molecule has 0 saturated carbocycles. The summed E-state index contributed by atoms with van der Waals surface area (Å²) in [6.07, 6.45) is 2.95. The standard InChI is InChI=1S/C22H25ClN5O.3CH3.Sn/c1-2-3-8-20-26-21(23)19(14-29)28(20)13-15-9-11-16(12-10-15)17-6-4-5-7-18(17)22(24)27-25;;;;/h4-7,9-12,29H,2-3,8,13-14,25H2,1H3,(H-,24,27);3*1H3;/q-1;;;;+1. The predicted molar refractivity (Wildman–Crippen MR) is 140 cm³/mol. The van der Waals surface area contributed by atoms with Gasteiger partial charge in [0, 0.05) is 0 Å².